The van der Waals surface area contributed by atoms with Crippen LogP contribution in [-0.4, -0.2) is 54.6 Å². The molecule has 92 valence electrons. The van der Waals surface area contributed by atoms with Gasteiger partial charge in [-0.3, -0.25) is 9.59 Å². The van der Waals surface area contributed by atoms with Gasteiger partial charge in [0.05, 0.1) is 6.61 Å². The zero-order chi connectivity index (χ0) is 11.8. The summed E-state index contributed by atoms with van der Waals surface area (Å²) < 4.78 is 5.14. The van der Waals surface area contributed by atoms with Gasteiger partial charge in [-0.1, -0.05) is 6.42 Å². The number of nitrogens with zero attached hydrogens (tertiary/aromatic N) is 1. The fraction of sp³-hybridized carbons (Fsp3) is 0.818. The van der Waals surface area contributed by atoms with Crippen molar-refractivity contribution in [3.8, 4) is 0 Å². The molecule has 16 heavy (non-hydrogen) atoms. The molecule has 0 aromatic rings. The van der Waals surface area contributed by atoms with Crippen LogP contribution in [0.5, 0.6) is 0 Å². The Balaban J connectivity index is 1.98. The third-order valence-electron chi connectivity index (χ3n) is 2.61. The molecule has 0 amide bonds. The molecule has 0 atom stereocenters. The van der Waals surface area contributed by atoms with Crippen molar-refractivity contribution in [2.45, 2.75) is 25.7 Å². The summed E-state index contributed by atoms with van der Waals surface area (Å²) in [5.74, 6) is -1.46. The second-order valence-electron chi connectivity index (χ2n) is 4.06. The van der Waals surface area contributed by atoms with E-state index in [9.17, 15) is 9.59 Å². The summed E-state index contributed by atoms with van der Waals surface area (Å²) in [6, 6.07) is 0. The highest BCUT2D eigenvalue weighted by atomic mass is 16.5. The van der Waals surface area contributed by atoms with Crippen molar-refractivity contribution < 1.29 is 19.4 Å². The van der Waals surface area contributed by atoms with E-state index in [1.807, 2.05) is 0 Å². The lowest BCUT2D eigenvalue weighted by molar-refractivity contribution is -0.141. The van der Waals surface area contributed by atoms with E-state index >= 15 is 0 Å². The van der Waals surface area contributed by atoms with Gasteiger partial charge in [-0.2, -0.15) is 0 Å². The normalized spacial score (nSPS) is 17.2. The summed E-state index contributed by atoms with van der Waals surface area (Å²) in [6.45, 7) is 3.46. The number of Topliss-reactive ketones (excluding diaryl/α,β-unsaturated/α-hetero) is 1. The van der Waals surface area contributed by atoms with E-state index in [1.165, 1.54) is 19.3 Å². The number of carbonyl (C=O) groups excluding carboxylic acids is 1. The highest BCUT2D eigenvalue weighted by Gasteiger charge is 2.10. The molecule has 1 fully saturated rings. The minimum atomic E-state index is -1.09. The molecule has 0 aromatic carbocycles. The number of hydrogen-bond donors (Lipinski definition) is 1. The Bertz CT molecular complexity index is 236. The van der Waals surface area contributed by atoms with Crippen molar-refractivity contribution in [3.63, 3.8) is 0 Å². The predicted molar refractivity (Wildman–Crippen MR) is 58.4 cm³/mol. The second-order valence-corrected chi connectivity index (χ2v) is 4.06. The lowest BCUT2D eigenvalue weighted by Crippen LogP contribution is -2.33. The number of piperidine rings is 1. The highest BCUT2D eigenvalue weighted by Crippen LogP contribution is 2.07. The molecule has 1 heterocycles. The molecule has 5 nitrogen and oxygen atoms in total. The third-order valence-corrected chi connectivity index (χ3v) is 2.61. The van der Waals surface area contributed by atoms with Gasteiger partial charge in [0.15, 0.2) is 5.78 Å². The molecule has 0 bridgehead atoms. The summed E-state index contributed by atoms with van der Waals surface area (Å²) in [5, 5.41) is 8.36. The smallest absolute Gasteiger partial charge is 0.310 e. The first-order chi connectivity index (χ1) is 7.68. The number of hydrogen-bond acceptors (Lipinski definition) is 4. The fourth-order valence-corrected chi connectivity index (χ4v) is 1.78. The first-order valence-corrected chi connectivity index (χ1v) is 5.72. The molecule has 0 aliphatic carbocycles. The zero-order valence-corrected chi connectivity index (χ0v) is 9.48. The summed E-state index contributed by atoms with van der Waals surface area (Å²) in [7, 11) is 0. The summed E-state index contributed by atoms with van der Waals surface area (Å²) in [5.41, 5.74) is 0. The van der Waals surface area contributed by atoms with Gasteiger partial charge in [-0.05, 0) is 25.9 Å². The lowest BCUT2D eigenvalue weighted by atomic mass is 10.1. The Kier molecular flexibility index (Phi) is 6.03. The van der Waals surface area contributed by atoms with Crippen molar-refractivity contribution in [1.82, 2.24) is 4.90 Å². The van der Waals surface area contributed by atoms with Gasteiger partial charge in [0.1, 0.15) is 13.0 Å². The summed E-state index contributed by atoms with van der Waals surface area (Å²) in [6.07, 6.45) is 3.33. The monoisotopic (exact) mass is 229 g/mol. The SMILES string of the molecule is O=C(O)CC(=O)COCCN1CCCCC1. The van der Waals surface area contributed by atoms with Crippen LogP contribution in [0.25, 0.3) is 0 Å². The number of likely N-dealkylation sites (tertiary alicyclic amines) is 1. The fourth-order valence-electron chi connectivity index (χ4n) is 1.78. The van der Waals surface area contributed by atoms with Gasteiger partial charge in [0.25, 0.3) is 0 Å². The number of aliphatic carboxylic acids is 1. The topological polar surface area (TPSA) is 66.8 Å². The number of carbonyl (C=O) groups is 2. The Morgan fingerprint density at radius 1 is 1.19 bits per heavy atom. The van der Waals surface area contributed by atoms with Crippen molar-refractivity contribution in [2.24, 2.45) is 0 Å². The average Bonchev–Trinajstić information content (AvgIpc) is 2.25. The molecule has 0 unspecified atom stereocenters. The summed E-state index contributed by atoms with van der Waals surface area (Å²) >= 11 is 0. The van der Waals surface area contributed by atoms with E-state index in [2.05, 4.69) is 4.90 Å². The maximum Gasteiger partial charge on any atom is 0.310 e. The number of rotatable bonds is 7. The van der Waals surface area contributed by atoms with Crippen LogP contribution in [-0.2, 0) is 14.3 Å². The molecular weight excluding hydrogens is 210 g/mol. The largest absolute Gasteiger partial charge is 0.481 e. The van der Waals surface area contributed by atoms with Crippen LogP contribution in [0.2, 0.25) is 0 Å². The zero-order valence-electron chi connectivity index (χ0n) is 9.48. The van der Waals surface area contributed by atoms with E-state index in [4.69, 9.17) is 9.84 Å². The molecule has 0 spiro atoms. The Labute approximate surface area is 95.4 Å². The molecular formula is C11H19NO4. The number of ether oxygens (including phenoxy) is 1. The maximum absolute atomic E-state index is 11.0. The number of ketones is 1. The van der Waals surface area contributed by atoms with Crippen molar-refractivity contribution in [1.29, 1.82) is 0 Å². The van der Waals surface area contributed by atoms with E-state index in [1.54, 1.807) is 0 Å². The van der Waals surface area contributed by atoms with Gasteiger partial charge in [-0.25, -0.2) is 0 Å². The van der Waals surface area contributed by atoms with Gasteiger partial charge >= 0.3 is 5.97 Å². The Hall–Kier alpha value is -0.940. The average molecular weight is 229 g/mol. The van der Waals surface area contributed by atoms with Crippen LogP contribution >= 0.6 is 0 Å². The van der Waals surface area contributed by atoms with Crippen LogP contribution in [0.15, 0.2) is 0 Å². The quantitative estimate of drug-likeness (QED) is 0.509. The lowest BCUT2D eigenvalue weighted by Gasteiger charge is -2.25. The van der Waals surface area contributed by atoms with Gasteiger partial charge in [0, 0.05) is 6.54 Å². The van der Waals surface area contributed by atoms with Crippen LogP contribution in [0.4, 0.5) is 0 Å². The molecule has 0 aromatic heterocycles. The molecule has 1 N–H and O–H groups in total. The summed E-state index contributed by atoms with van der Waals surface area (Å²) in [4.78, 5) is 23.5. The molecule has 0 radical (unpaired) electrons. The minimum Gasteiger partial charge on any atom is -0.481 e. The predicted octanol–water partition coefficient (Wildman–Crippen LogP) is 0.533. The van der Waals surface area contributed by atoms with E-state index < -0.39 is 12.4 Å². The van der Waals surface area contributed by atoms with Crippen LogP contribution in [0.3, 0.4) is 0 Å². The van der Waals surface area contributed by atoms with Crippen molar-refractivity contribution >= 4 is 11.8 Å². The van der Waals surface area contributed by atoms with Gasteiger partial charge in [0.2, 0.25) is 0 Å². The van der Waals surface area contributed by atoms with Crippen molar-refractivity contribution in [2.75, 3.05) is 32.8 Å². The molecule has 0 saturated carbocycles. The highest BCUT2D eigenvalue weighted by molar-refractivity contribution is 5.95. The van der Waals surface area contributed by atoms with E-state index in [-0.39, 0.29) is 12.4 Å². The van der Waals surface area contributed by atoms with E-state index in [0.29, 0.717) is 6.61 Å². The number of carboxylic acids is 1. The molecule has 1 aliphatic heterocycles. The van der Waals surface area contributed by atoms with Gasteiger partial charge < -0.3 is 14.7 Å². The standard InChI is InChI=1S/C11H19NO4/c13-10(8-11(14)15)9-16-7-6-12-4-2-1-3-5-12/h1-9H2,(H,14,15). The third kappa shape index (κ3) is 5.82. The van der Waals surface area contributed by atoms with Gasteiger partial charge in [-0.15, -0.1) is 0 Å². The van der Waals surface area contributed by atoms with Crippen LogP contribution in [0, 0.1) is 0 Å². The molecule has 1 rings (SSSR count). The van der Waals surface area contributed by atoms with Crippen LogP contribution < -0.4 is 0 Å². The Morgan fingerprint density at radius 2 is 1.88 bits per heavy atom. The van der Waals surface area contributed by atoms with Crippen molar-refractivity contribution in [3.05, 3.63) is 0 Å². The molecule has 1 aliphatic rings. The first kappa shape index (κ1) is 13.1. The van der Waals surface area contributed by atoms with E-state index in [0.717, 1.165) is 19.6 Å². The van der Waals surface area contributed by atoms with Crippen LogP contribution in [0.1, 0.15) is 25.7 Å². The minimum absolute atomic E-state index is 0.0832. The Morgan fingerprint density at radius 3 is 2.50 bits per heavy atom. The molecule has 1 saturated heterocycles. The maximum atomic E-state index is 11.0. The second kappa shape index (κ2) is 7.35. The first-order valence-electron chi connectivity index (χ1n) is 5.72. The molecule has 5 heteroatoms. The number of carboxylic acid groups (broad SMARTS) is 1.